The monoisotopic (exact) mass is 430 g/mol. The second-order valence-corrected chi connectivity index (χ2v) is 5.91. The third-order valence-corrected chi connectivity index (χ3v) is 4.02. The summed E-state index contributed by atoms with van der Waals surface area (Å²) in [4.78, 5) is 36.0. The Bertz CT molecular complexity index is 608. The van der Waals surface area contributed by atoms with Gasteiger partial charge in [0.25, 0.3) is 0 Å². The number of hydrogen-bond acceptors (Lipinski definition) is 6. The number of alkyl halides is 1. The first kappa shape index (κ1) is 21.9. The molecule has 1 rings (SSSR count). The molecule has 1 aromatic carbocycles. The van der Waals surface area contributed by atoms with Crippen molar-refractivity contribution in [2.24, 2.45) is 0 Å². The van der Waals surface area contributed by atoms with E-state index >= 15 is 0 Å². The van der Waals surface area contributed by atoms with Crippen molar-refractivity contribution in [3.05, 3.63) is 29.8 Å². The van der Waals surface area contributed by atoms with Crippen molar-refractivity contribution < 1.29 is 28.6 Å². The first-order chi connectivity index (χ1) is 12.4. The number of amides is 2. The highest BCUT2D eigenvalue weighted by molar-refractivity contribution is 9.09. The fraction of sp³-hybridized carbons (Fsp3) is 0.471. The zero-order valence-electron chi connectivity index (χ0n) is 14.9. The Hall–Kier alpha value is -2.13. The summed E-state index contributed by atoms with van der Waals surface area (Å²) in [6.45, 7) is -0.0268. The van der Waals surface area contributed by atoms with E-state index in [1.165, 1.54) is 14.2 Å². The fourth-order valence-electron chi connectivity index (χ4n) is 2.19. The van der Waals surface area contributed by atoms with Gasteiger partial charge in [-0.25, -0.2) is 4.79 Å². The summed E-state index contributed by atoms with van der Waals surface area (Å²) in [6.07, 6.45) is 0.231. The molecule has 0 bridgehead atoms. The van der Waals surface area contributed by atoms with Gasteiger partial charge >= 0.3 is 5.97 Å². The van der Waals surface area contributed by atoms with Crippen LogP contribution in [0.3, 0.4) is 0 Å². The Morgan fingerprint density at radius 2 is 1.69 bits per heavy atom. The zero-order chi connectivity index (χ0) is 19.5. The lowest BCUT2D eigenvalue weighted by molar-refractivity contribution is -0.145. The number of nitrogens with one attached hydrogen (secondary N) is 2. The first-order valence-electron chi connectivity index (χ1n) is 7.80. The van der Waals surface area contributed by atoms with Crippen LogP contribution in [0.2, 0.25) is 0 Å². The Balaban J connectivity index is 2.85. The normalized spacial score (nSPS) is 12.6. The molecule has 0 aromatic heterocycles. The molecule has 0 saturated carbocycles. The van der Waals surface area contributed by atoms with E-state index in [-0.39, 0.29) is 24.3 Å². The number of carbonyl (C=O) groups is 3. The van der Waals surface area contributed by atoms with E-state index in [0.717, 1.165) is 5.56 Å². The highest BCUT2D eigenvalue weighted by atomic mass is 79.9. The molecule has 2 atom stereocenters. The number of hydrogen-bond donors (Lipinski definition) is 2. The topological polar surface area (TPSA) is 103 Å². The van der Waals surface area contributed by atoms with Gasteiger partial charge in [0.05, 0.1) is 26.2 Å². The van der Waals surface area contributed by atoms with Crippen LogP contribution in [-0.2, 0) is 30.3 Å². The van der Waals surface area contributed by atoms with Crippen molar-refractivity contribution in [3.63, 3.8) is 0 Å². The molecule has 0 spiro atoms. The Morgan fingerprint density at radius 3 is 2.19 bits per heavy atom. The Kier molecular flexibility index (Phi) is 9.67. The van der Waals surface area contributed by atoms with Crippen LogP contribution in [0.15, 0.2) is 24.3 Å². The Labute approximate surface area is 160 Å². The van der Waals surface area contributed by atoms with Crippen LogP contribution in [0.4, 0.5) is 0 Å². The van der Waals surface area contributed by atoms with Crippen LogP contribution in [0.1, 0.15) is 5.56 Å². The summed E-state index contributed by atoms with van der Waals surface area (Å²) in [5, 5.41) is 5.17. The molecular formula is C17H23BrN2O6. The van der Waals surface area contributed by atoms with E-state index in [9.17, 15) is 14.4 Å². The van der Waals surface area contributed by atoms with E-state index in [1.54, 1.807) is 31.4 Å². The van der Waals surface area contributed by atoms with Gasteiger partial charge < -0.3 is 24.8 Å². The molecule has 0 unspecified atom stereocenters. The number of benzene rings is 1. The SMILES string of the molecule is COC[C@H](NC(=O)CBr)C(=O)N[C@@H](Cc1ccc(OC)cc1)C(=O)OC. The van der Waals surface area contributed by atoms with Gasteiger partial charge in [0, 0.05) is 13.5 Å². The molecule has 26 heavy (non-hydrogen) atoms. The summed E-state index contributed by atoms with van der Waals surface area (Å²) in [5.74, 6) is -0.806. The van der Waals surface area contributed by atoms with Crippen molar-refractivity contribution in [2.75, 3.05) is 33.3 Å². The highest BCUT2D eigenvalue weighted by Crippen LogP contribution is 2.13. The summed E-state index contributed by atoms with van der Waals surface area (Å²) < 4.78 is 14.8. The summed E-state index contributed by atoms with van der Waals surface area (Å²) in [7, 11) is 4.22. The standard InChI is InChI=1S/C17H23BrN2O6/c1-24-10-14(19-15(21)9-18)16(22)20-13(17(23)26-3)8-11-4-6-12(25-2)7-5-11/h4-7,13-14H,8-10H2,1-3H3,(H,19,21)(H,20,22)/t13-,14-/m0/s1. The first-order valence-corrected chi connectivity index (χ1v) is 8.92. The van der Waals surface area contributed by atoms with Crippen LogP contribution in [0.5, 0.6) is 5.75 Å². The van der Waals surface area contributed by atoms with Crippen LogP contribution < -0.4 is 15.4 Å². The number of halogens is 1. The van der Waals surface area contributed by atoms with E-state index in [4.69, 9.17) is 14.2 Å². The second kappa shape index (κ2) is 11.5. The molecule has 0 aliphatic rings. The molecule has 9 heteroatoms. The molecular weight excluding hydrogens is 408 g/mol. The van der Waals surface area contributed by atoms with Gasteiger partial charge in [-0.2, -0.15) is 0 Å². The maximum Gasteiger partial charge on any atom is 0.328 e. The van der Waals surface area contributed by atoms with Crippen LogP contribution in [-0.4, -0.2) is 63.1 Å². The van der Waals surface area contributed by atoms with Crippen molar-refractivity contribution >= 4 is 33.7 Å². The van der Waals surface area contributed by atoms with E-state index < -0.39 is 24.0 Å². The molecule has 0 heterocycles. The van der Waals surface area contributed by atoms with E-state index in [2.05, 4.69) is 26.6 Å². The van der Waals surface area contributed by atoms with Crippen molar-refractivity contribution in [1.29, 1.82) is 0 Å². The number of methoxy groups -OCH3 is 3. The number of esters is 1. The van der Waals surface area contributed by atoms with E-state index in [1.807, 2.05) is 0 Å². The number of carbonyl (C=O) groups excluding carboxylic acids is 3. The van der Waals surface area contributed by atoms with Gasteiger partial charge in [0.1, 0.15) is 17.8 Å². The maximum atomic E-state index is 12.5. The molecule has 0 saturated heterocycles. The van der Waals surface area contributed by atoms with E-state index in [0.29, 0.717) is 5.75 Å². The van der Waals surface area contributed by atoms with Gasteiger partial charge in [0.15, 0.2) is 0 Å². The molecule has 0 aliphatic heterocycles. The highest BCUT2D eigenvalue weighted by Gasteiger charge is 2.27. The molecule has 144 valence electrons. The van der Waals surface area contributed by atoms with Crippen LogP contribution in [0, 0.1) is 0 Å². The lowest BCUT2D eigenvalue weighted by Gasteiger charge is -2.21. The van der Waals surface area contributed by atoms with Crippen molar-refractivity contribution in [2.45, 2.75) is 18.5 Å². The van der Waals surface area contributed by atoms with Crippen LogP contribution >= 0.6 is 15.9 Å². The molecule has 0 fully saturated rings. The maximum absolute atomic E-state index is 12.5. The van der Waals surface area contributed by atoms with Gasteiger partial charge in [-0.3, -0.25) is 9.59 Å². The predicted octanol–water partition coefficient (Wildman–Crippen LogP) is 0.422. The minimum absolute atomic E-state index is 0.0268. The molecule has 2 amide bonds. The van der Waals surface area contributed by atoms with Crippen molar-refractivity contribution in [1.82, 2.24) is 10.6 Å². The minimum atomic E-state index is -0.923. The smallest absolute Gasteiger partial charge is 0.328 e. The average Bonchev–Trinajstić information content (AvgIpc) is 2.66. The number of ether oxygens (including phenoxy) is 3. The molecule has 0 aliphatic carbocycles. The summed E-state index contributed by atoms with van der Waals surface area (Å²) in [6, 6.07) is 5.28. The number of rotatable bonds is 10. The minimum Gasteiger partial charge on any atom is -0.497 e. The second-order valence-electron chi connectivity index (χ2n) is 5.35. The average molecular weight is 431 g/mol. The predicted molar refractivity (Wildman–Crippen MR) is 98.2 cm³/mol. The van der Waals surface area contributed by atoms with Crippen molar-refractivity contribution in [3.8, 4) is 5.75 Å². The molecule has 8 nitrogen and oxygen atoms in total. The zero-order valence-corrected chi connectivity index (χ0v) is 16.5. The molecule has 2 N–H and O–H groups in total. The third-order valence-electron chi connectivity index (χ3n) is 3.51. The Morgan fingerprint density at radius 1 is 1.04 bits per heavy atom. The lowest BCUT2D eigenvalue weighted by atomic mass is 10.1. The van der Waals surface area contributed by atoms with Gasteiger partial charge in [0.2, 0.25) is 11.8 Å². The molecule has 0 radical (unpaired) electrons. The third kappa shape index (κ3) is 7.01. The van der Waals surface area contributed by atoms with Crippen LogP contribution in [0.25, 0.3) is 0 Å². The largest absolute Gasteiger partial charge is 0.497 e. The quantitative estimate of drug-likeness (QED) is 0.411. The molecule has 1 aromatic rings. The fourth-order valence-corrected chi connectivity index (χ4v) is 2.35. The van der Waals surface area contributed by atoms with Gasteiger partial charge in [-0.1, -0.05) is 28.1 Å². The summed E-state index contributed by atoms with van der Waals surface area (Å²) in [5.41, 5.74) is 0.814. The lowest BCUT2D eigenvalue weighted by Crippen LogP contribution is -2.54. The summed E-state index contributed by atoms with van der Waals surface area (Å²) >= 11 is 3.02. The van der Waals surface area contributed by atoms with Gasteiger partial charge in [-0.15, -0.1) is 0 Å². The van der Waals surface area contributed by atoms with Gasteiger partial charge in [-0.05, 0) is 17.7 Å².